The Morgan fingerprint density at radius 2 is 2.00 bits per heavy atom. The van der Waals surface area contributed by atoms with Crippen molar-refractivity contribution in [2.45, 2.75) is 64.5 Å². The molecule has 0 unspecified atom stereocenters. The van der Waals surface area contributed by atoms with Crippen LogP contribution < -0.4 is 5.32 Å². The lowest BCUT2D eigenvalue weighted by molar-refractivity contribution is -0.163. The summed E-state index contributed by atoms with van der Waals surface area (Å²) < 4.78 is 10.4. The van der Waals surface area contributed by atoms with Crippen LogP contribution in [0.5, 0.6) is 0 Å². The molecule has 1 atom stereocenters. The van der Waals surface area contributed by atoms with Gasteiger partial charge in [0.05, 0.1) is 6.61 Å². The first-order chi connectivity index (χ1) is 8.79. The minimum atomic E-state index is -0.722. The van der Waals surface area contributed by atoms with E-state index in [4.69, 9.17) is 9.47 Å². The zero-order valence-corrected chi connectivity index (χ0v) is 12.4. The Balaban J connectivity index is 2.64. The van der Waals surface area contributed by atoms with Crippen molar-refractivity contribution >= 4 is 11.9 Å². The molecule has 1 heterocycles. The molecule has 0 radical (unpaired) electrons. The fourth-order valence-corrected chi connectivity index (χ4v) is 2.22. The molecule has 0 saturated carbocycles. The maximum atomic E-state index is 12.3. The summed E-state index contributed by atoms with van der Waals surface area (Å²) in [5.74, 6) is -0.527. The van der Waals surface area contributed by atoms with Gasteiger partial charge in [-0.3, -0.25) is 9.59 Å². The van der Waals surface area contributed by atoms with Crippen LogP contribution in [0, 0.1) is 0 Å². The maximum Gasteiger partial charge on any atom is 0.326 e. The molecule has 5 heteroatoms. The number of nitrogens with one attached hydrogen (secondary N) is 1. The Hall–Kier alpha value is -1.10. The third-order valence-electron chi connectivity index (χ3n) is 3.09. The predicted octanol–water partition coefficient (Wildman–Crippen LogP) is 1.79. The van der Waals surface area contributed by atoms with Gasteiger partial charge < -0.3 is 14.8 Å². The standard InChI is InChI=1S/C14H25NO4/c1-5-18-11(16)7-9-14(8-6-10-15-14)12(17)19-13(2,3)4/h15H,5-10H2,1-4H3/t14-/m0/s1. The van der Waals surface area contributed by atoms with Gasteiger partial charge in [-0.15, -0.1) is 0 Å². The molecule has 5 nitrogen and oxygen atoms in total. The summed E-state index contributed by atoms with van der Waals surface area (Å²) in [6.45, 7) is 8.46. The highest BCUT2D eigenvalue weighted by molar-refractivity contribution is 5.82. The summed E-state index contributed by atoms with van der Waals surface area (Å²) in [5.41, 5.74) is -1.24. The van der Waals surface area contributed by atoms with Crippen molar-refractivity contribution in [3.63, 3.8) is 0 Å². The van der Waals surface area contributed by atoms with Crippen molar-refractivity contribution in [2.75, 3.05) is 13.2 Å². The fraction of sp³-hybridized carbons (Fsp3) is 0.857. The Morgan fingerprint density at radius 1 is 1.32 bits per heavy atom. The second kappa shape index (κ2) is 6.37. The second-order valence-electron chi connectivity index (χ2n) is 5.92. The number of esters is 2. The minimum Gasteiger partial charge on any atom is -0.466 e. The second-order valence-corrected chi connectivity index (χ2v) is 5.92. The molecule has 110 valence electrons. The van der Waals surface area contributed by atoms with Gasteiger partial charge in [0.15, 0.2) is 0 Å². The van der Waals surface area contributed by atoms with Crippen molar-refractivity contribution in [3.05, 3.63) is 0 Å². The van der Waals surface area contributed by atoms with Gasteiger partial charge >= 0.3 is 11.9 Å². The number of carbonyl (C=O) groups excluding carboxylic acids is 2. The zero-order valence-electron chi connectivity index (χ0n) is 12.4. The van der Waals surface area contributed by atoms with Crippen molar-refractivity contribution in [3.8, 4) is 0 Å². The third-order valence-corrected chi connectivity index (χ3v) is 3.09. The van der Waals surface area contributed by atoms with E-state index in [-0.39, 0.29) is 18.4 Å². The first-order valence-electron chi connectivity index (χ1n) is 6.93. The lowest BCUT2D eigenvalue weighted by Gasteiger charge is -2.31. The van der Waals surface area contributed by atoms with Crippen LogP contribution >= 0.6 is 0 Å². The van der Waals surface area contributed by atoms with E-state index in [1.807, 2.05) is 20.8 Å². The lowest BCUT2D eigenvalue weighted by atomic mass is 9.91. The van der Waals surface area contributed by atoms with E-state index in [1.165, 1.54) is 0 Å². The number of ether oxygens (including phenoxy) is 2. The highest BCUT2D eigenvalue weighted by Crippen LogP contribution is 2.28. The van der Waals surface area contributed by atoms with Gasteiger partial charge in [-0.2, -0.15) is 0 Å². The summed E-state index contributed by atoms with van der Waals surface area (Å²) in [7, 11) is 0. The largest absolute Gasteiger partial charge is 0.466 e. The third kappa shape index (κ3) is 4.82. The summed E-state index contributed by atoms with van der Waals surface area (Å²) in [5, 5.41) is 3.21. The summed E-state index contributed by atoms with van der Waals surface area (Å²) in [6, 6.07) is 0. The average Bonchev–Trinajstić information content (AvgIpc) is 2.74. The molecule has 1 rings (SSSR count). The molecule has 0 aromatic heterocycles. The molecule has 19 heavy (non-hydrogen) atoms. The lowest BCUT2D eigenvalue weighted by Crippen LogP contribution is -2.51. The van der Waals surface area contributed by atoms with Crippen molar-refractivity contribution < 1.29 is 19.1 Å². The van der Waals surface area contributed by atoms with Crippen LogP contribution in [0.3, 0.4) is 0 Å². The topological polar surface area (TPSA) is 64.6 Å². The Labute approximate surface area is 115 Å². The van der Waals surface area contributed by atoms with E-state index in [2.05, 4.69) is 5.32 Å². The molecule has 0 aliphatic carbocycles. The fourth-order valence-electron chi connectivity index (χ4n) is 2.22. The van der Waals surface area contributed by atoms with Crippen molar-refractivity contribution in [2.24, 2.45) is 0 Å². The quantitative estimate of drug-likeness (QED) is 0.772. The van der Waals surface area contributed by atoms with Crippen LogP contribution in [0.1, 0.15) is 53.4 Å². The Bertz CT molecular complexity index is 327. The number of hydrogen-bond donors (Lipinski definition) is 1. The van der Waals surface area contributed by atoms with Gasteiger partial charge in [-0.1, -0.05) is 0 Å². The van der Waals surface area contributed by atoms with Crippen molar-refractivity contribution in [1.82, 2.24) is 5.32 Å². The van der Waals surface area contributed by atoms with Crippen LogP contribution in [0.4, 0.5) is 0 Å². The van der Waals surface area contributed by atoms with Crippen LogP contribution in [-0.4, -0.2) is 36.2 Å². The molecule has 1 saturated heterocycles. The summed E-state index contributed by atoms with van der Waals surface area (Å²) in [4.78, 5) is 23.8. The van der Waals surface area contributed by atoms with Gasteiger partial charge in [0.25, 0.3) is 0 Å². The van der Waals surface area contributed by atoms with E-state index in [1.54, 1.807) is 6.92 Å². The Morgan fingerprint density at radius 3 is 2.47 bits per heavy atom. The van der Waals surface area contributed by atoms with E-state index in [0.717, 1.165) is 13.0 Å². The number of hydrogen-bond acceptors (Lipinski definition) is 5. The minimum absolute atomic E-state index is 0.236. The smallest absolute Gasteiger partial charge is 0.326 e. The van der Waals surface area contributed by atoms with E-state index < -0.39 is 11.1 Å². The Kier molecular flexibility index (Phi) is 5.35. The summed E-state index contributed by atoms with van der Waals surface area (Å²) >= 11 is 0. The highest BCUT2D eigenvalue weighted by atomic mass is 16.6. The molecular weight excluding hydrogens is 246 g/mol. The highest BCUT2D eigenvalue weighted by Gasteiger charge is 2.43. The molecule has 0 bridgehead atoms. The van der Waals surface area contributed by atoms with Crippen LogP contribution in [-0.2, 0) is 19.1 Å². The summed E-state index contributed by atoms with van der Waals surface area (Å²) in [6.07, 6.45) is 2.30. The first-order valence-corrected chi connectivity index (χ1v) is 6.93. The number of rotatable bonds is 5. The molecule has 0 amide bonds. The van der Waals surface area contributed by atoms with Gasteiger partial charge in [0.2, 0.25) is 0 Å². The molecule has 1 aliphatic heterocycles. The van der Waals surface area contributed by atoms with Crippen LogP contribution in [0.2, 0.25) is 0 Å². The molecule has 1 aliphatic rings. The predicted molar refractivity (Wildman–Crippen MR) is 71.7 cm³/mol. The normalized spacial score (nSPS) is 23.2. The van der Waals surface area contributed by atoms with Crippen LogP contribution in [0.15, 0.2) is 0 Å². The van der Waals surface area contributed by atoms with E-state index in [9.17, 15) is 9.59 Å². The molecule has 1 fully saturated rings. The van der Waals surface area contributed by atoms with Crippen molar-refractivity contribution in [1.29, 1.82) is 0 Å². The van der Waals surface area contributed by atoms with Gasteiger partial charge in [-0.25, -0.2) is 0 Å². The van der Waals surface area contributed by atoms with E-state index in [0.29, 0.717) is 19.4 Å². The molecular formula is C14H25NO4. The number of carbonyl (C=O) groups is 2. The SMILES string of the molecule is CCOC(=O)CC[C@]1(C(=O)OC(C)(C)C)CCCN1. The molecule has 0 aromatic rings. The van der Waals surface area contributed by atoms with Gasteiger partial charge in [0.1, 0.15) is 11.1 Å². The van der Waals surface area contributed by atoms with Gasteiger partial charge in [0, 0.05) is 6.42 Å². The van der Waals surface area contributed by atoms with Gasteiger partial charge in [-0.05, 0) is 53.5 Å². The first kappa shape index (κ1) is 16.0. The molecule has 0 aromatic carbocycles. The average molecular weight is 271 g/mol. The molecule has 1 N–H and O–H groups in total. The van der Waals surface area contributed by atoms with E-state index >= 15 is 0 Å². The maximum absolute atomic E-state index is 12.3. The monoisotopic (exact) mass is 271 g/mol. The molecule has 0 spiro atoms. The zero-order chi connectivity index (χ0) is 14.5. The van der Waals surface area contributed by atoms with Crippen LogP contribution in [0.25, 0.3) is 0 Å².